The number of esters is 1. The maximum absolute atomic E-state index is 13.2. The first-order valence-corrected chi connectivity index (χ1v) is 14.3. The minimum absolute atomic E-state index is 0.0183. The van der Waals surface area contributed by atoms with Gasteiger partial charge in [0, 0.05) is 29.4 Å². The van der Waals surface area contributed by atoms with Gasteiger partial charge in [0.2, 0.25) is 5.95 Å². The number of aryl methyl sites for hydroxylation is 1. The van der Waals surface area contributed by atoms with Gasteiger partial charge < -0.3 is 25.4 Å². The van der Waals surface area contributed by atoms with Gasteiger partial charge in [-0.1, -0.05) is 26.8 Å². The molecule has 0 saturated carbocycles. The van der Waals surface area contributed by atoms with Crippen molar-refractivity contribution in [3.8, 4) is 23.4 Å². The highest BCUT2D eigenvalue weighted by molar-refractivity contribution is 5.82. The molecule has 1 aromatic heterocycles. The fraction of sp³-hybridized carbons (Fsp3) is 0.394. The van der Waals surface area contributed by atoms with Gasteiger partial charge in [0.1, 0.15) is 24.3 Å². The third-order valence-corrected chi connectivity index (χ3v) is 7.25. The van der Waals surface area contributed by atoms with Gasteiger partial charge in [0.05, 0.1) is 28.6 Å². The van der Waals surface area contributed by atoms with Crippen LogP contribution >= 0.6 is 0 Å². The first kappa shape index (κ1) is 31.8. The number of ether oxygens (including phenoxy) is 2. The molecule has 44 heavy (non-hydrogen) atoms. The van der Waals surface area contributed by atoms with E-state index < -0.39 is 29.1 Å². The molecule has 3 aromatic rings. The quantitative estimate of drug-likeness (QED) is 0.275. The smallest absolute Gasteiger partial charge is 0.408 e. The molecule has 4 rings (SSSR count). The lowest BCUT2D eigenvalue weighted by Crippen LogP contribution is -2.48. The Hall–Kier alpha value is -5.16. The SMILES string of the molecule is Cc1ccc(C#N)cc1Nc1nccc(-c2cc(C#N)c3c(c2)[C@@](C)(COC(=O)[C@@H](NC(=O)OC(C)(C)C)C(C)C)CN3)n1. The van der Waals surface area contributed by atoms with Crippen molar-refractivity contribution in [2.24, 2.45) is 5.92 Å². The van der Waals surface area contributed by atoms with Gasteiger partial charge >= 0.3 is 12.1 Å². The second-order valence-corrected chi connectivity index (χ2v) is 12.5. The Morgan fingerprint density at radius 1 is 1.14 bits per heavy atom. The topological polar surface area (TPSA) is 162 Å². The van der Waals surface area contributed by atoms with Crippen molar-refractivity contribution < 1.29 is 19.1 Å². The van der Waals surface area contributed by atoms with Crippen LogP contribution in [0.5, 0.6) is 0 Å². The van der Waals surface area contributed by atoms with Crippen LogP contribution in [0.3, 0.4) is 0 Å². The normalized spacial score (nSPS) is 16.1. The molecule has 2 atom stereocenters. The maximum atomic E-state index is 13.2. The van der Waals surface area contributed by atoms with Crippen molar-refractivity contribution in [1.29, 1.82) is 10.5 Å². The van der Waals surface area contributed by atoms with Crippen molar-refractivity contribution in [1.82, 2.24) is 15.3 Å². The highest BCUT2D eigenvalue weighted by Crippen LogP contribution is 2.41. The van der Waals surface area contributed by atoms with Crippen molar-refractivity contribution in [2.75, 3.05) is 23.8 Å². The summed E-state index contributed by atoms with van der Waals surface area (Å²) in [4.78, 5) is 34.5. The molecule has 11 heteroatoms. The Labute approximate surface area is 257 Å². The molecule has 0 saturated heterocycles. The summed E-state index contributed by atoms with van der Waals surface area (Å²) < 4.78 is 11.1. The molecule has 0 fully saturated rings. The molecule has 1 aliphatic rings. The number of rotatable bonds is 8. The monoisotopic (exact) mass is 595 g/mol. The van der Waals surface area contributed by atoms with Crippen molar-refractivity contribution in [3.05, 3.63) is 64.8 Å². The fourth-order valence-electron chi connectivity index (χ4n) is 4.83. The van der Waals surface area contributed by atoms with Crippen LogP contribution in [0.4, 0.5) is 22.1 Å². The Balaban J connectivity index is 1.58. The van der Waals surface area contributed by atoms with Crippen LogP contribution in [0.15, 0.2) is 42.6 Å². The van der Waals surface area contributed by atoms with Crippen LogP contribution in [-0.4, -0.2) is 46.8 Å². The Morgan fingerprint density at radius 2 is 1.89 bits per heavy atom. The zero-order valence-electron chi connectivity index (χ0n) is 26.0. The molecule has 0 aliphatic carbocycles. The largest absolute Gasteiger partial charge is 0.463 e. The van der Waals surface area contributed by atoms with E-state index >= 15 is 0 Å². The zero-order chi connectivity index (χ0) is 32.2. The minimum atomic E-state index is -0.896. The number of carbonyl (C=O) groups excluding carboxylic acids is 2. The molecular formula is C33H37N7O4. The van der Waals surface area contributed by atoms with E-state index in [1.165, 1.54) is 0 Å². The molecule has 0 bridgehead atoms. The summed E-state index contributed by atoms with van der Waals surface area (Å²) in [5, 5.41) is 28.4. The lowest BCUT2D eigenvalue weighted by atomic mass is 9.83. The van der Waals surface area contributed by atoms with E-state index in [9.17, 15) is 20.1 Å². The number of nitrogens with zero attached hydrogens (tertiary/aromatic N) is 4. The van der Waals surface area contributed by atoms with Gasteiger partial charge in [-0.25, -0.2) is 19.6 Å². The second kappa shape index (κ2) is 12.6. The lowest BCUT2D eigenvalue weighted by molar-refractivity contribution is -0.149. The Bertz CT molecular complexity index is 1670. The molecule has 1 aliphatic heterocycles. The first-order chi connectivity index (χ1) is 20.7. The number of hydrogen-bond donors (Lipinski definition) is 3. The standard InChI is InChI=1S/C33H37N7O4/c1-19(2)27(40-31(42)44-32(4,5)6)29(41)43-18-33(7)17-37-28-23(16-35)13-22(14-24(28)33)25-10-11-36-30(38-25)39-26-12-21(15-34)9-8-20(26)3/h8-14,19,27,37H,17-18H2,1-7H3,(H,40,42)(H,36,38,39)/t27-,33+/m0/s1. The van der Waals surface area contributed by atoms with Gasteiger partial charge in [0.25, 0.3) is 0 Å². The zero-order valence-corrected chi connectivity index (χ0v) is 26.0. The van der Waals surface area contributed by atoms with Gasteiger partial charge in [0.15, 0.2) is 0 Å². The third kappa shape index (κ3) is 7.24. The molecule has 228 valence electrons. The summed E-state index contributed by atoms with van der Waals surface area (Å²) in [7, 11) is 0. The summed E-state index contributed by atoms with van der Waals surface area (Å²) in [5.41, 5.74) is 3.99. The first-order valence-electron chi connectivity index (χ1n) is 14.3. The molecule has 1 amide bonds. The summed E-state index contributed by atoms with van der Waals surface area (Å²) in [6.45, 7) is 13.2. The van der Waals surface area contributed by atoms with Crippen molar-refractivity contribution in [2.45, 2.75) is 65.5 Å². The number of anilines is 3. The molecule has 2 heterocycles. The van der Waals surface area contributed by atoms with Crippen LogP contribution < -0.4 is 16.0 Å². The highest BCUT2D eigenvalue weighted by Gasteiger charge is 2.39. The van der Waals surface area contributed by atoms with Crippen molar-refractivity contribution in [3.63, 3.8) is 0 Å². The van der Waals surface area contributed by atoms with E-state index in [2.05, 4.69) is 38.1 Å². The van der Waals surface area contributed by atoms with Crippen molar-refractivity contribution >= 4 is 29.4 Å². The predicted molar refractivity (Wildman–Crippen MR) is 166 cm³/mol. The van der Waals surface area contributed by atoms with Crippen LogP contribution in [0, 0.1) is 35.5 Å². The Kier molecular flexibility index (Phi) is 9.10. The second-order valence-electron chi connectivity index (χ2n) is 12.5. The lowest BCUT2D eigenvalue weighted by Gasteiger charge is -2.28. The Morgan fingerprint density at radius 3 is 2.55 bits per heavy atom. The molecule has 11 nitrogen and oxygen atoms in total. The number of carbonyl (C=O) groups is 2. The van der Waals surface area contributed by atoms with E-state index in [4.69, 9.17) is 9.47 Å². The van der Waals surface area contributed by atoms with Crippen LogP contribution in [-0.2, 0) is 19.7 Å². The van der Waals surface area contributed by atoms with Crippen LogP contribution in [0.1, 0.15) is 63.8 Å². The summed E-state index contributed by atoms with van der Waals surface area (Å²) in [6, 6.07) is 14.3. The van der Waals surface area contributed by atoms with Gasteiger partial charge in [-0.15, -0.1) is 0 Å². The van der Waals surface area contributed by atoms with E-state index in [1.807, 2.05) is 39.8 Å². The molecule has 0 radical (unpaired) electrons. The minimum Gasteiger partial charge on any atom is -0.463 e. The van der Waals surface area contributed by atoms with E-state index in [-0.39, 0.29) is 12.5 Å². The molecule has 3 N–H and O–H groups in total. The molecular weight excluding hydrogens is 558 g/mol. The van der Waals surface area contributed by atoms with E-state index in [1.54, 1.807) is 51.2 Å². The average molecular weight is 596 g/mol. The number of alkyl carbamates (subject to hydrolysis) is 1. The van der Waals surface area contributed by atoms with Gasteiger partial charge in [-0.3, -0.25) is 0 Å². The summed E-state index contributed by atoms with van der Waals surface area (Å²) in [5.74, 6) is -0.466. The van der Waals surface area contributed by atoms with Gasteiger partial charge in [-0.05, 0) is 75.1 Å². The third-order valence-electron chi connectivity index (χ3n) is 7.25. The number of hydrogen-bond acceptors (Lipinski definition) is 10. The average Bonchev–Trinajstić information content (AvgIpc) is 3.31. The van der Waals surface area contributed by atoms with E-state index in [0.717, 1.165) is 11.1 Å². The van der Waals surface area contributed by atoms with Gasteiger partial charge in [-0.2, -0.15) is 10.5 Å². The highest BCUT2D eigenvalue weighted by atomic mass is 16.6. The summed E-state index contributed by atoms with van der Waals surface area (Å²) in [6.07, 6.45) is 0.929. The molecule has 0 spiro atoms. The predicted octanol–water partition coefficient (Wildman–Crippen LogP) is 5.71. The van der Waals surface area contributed by atoms with Crippen LogP contribution in [0.2, 0.25) is 0 Å². The fourth-order valence-corrected chi connectivity index (χ4v) is 4.83. The molecule has 0 unspecified atom stereocenters. The van der Waals surface area contributed by atoms with Crippen LogP contribution in [0.25, 0.3) is 11.3 Å². The number of nitriles is 2. The molecule has 2 aromatic carbocycles. The number of aromatic nitrogens is 2. The summed E-state index contributed by atoms with van der Waals surface area (Å²) >= 11 is 0. The van der Waals surface area contributed by atoms with E-state index in [0.29, 0.717) is 46.3 Å². The number of amides is 1. The number of benzene rings is 2. The number of nitrogens with one attached hydrogen (secondary N) is 3. The maximum Gasteiger partial charge on any atom is 0.408 e. The number of fused-ring (bicyclic) bond motifs is 1.